The van der Waals surface area contributed by atoms with Crippen LogP contribution in [0.15, 0.2) is 56.6 Å². The molecule has 5 heteroatoms. The lowest BCUT2D eigenvalue weighted by Gasteiger charge is -2.11. The first-order valence-electron chi connectivity index (χ1n) is 7.23. The molecule has 4 nitrogen and oxygen atoms in total. The highest BCUT2D eigenvalue weighted by Crippen LogP contribution is 2.52. The van der Waals surface area contributed by atoms with Crippen molar-refractivity contribution in [3.8, 4) is 11.3 Å². The summed E-state index contributed by atoms with van der Waals surface area (Å²) in [5, 5.41) is 6.08. The molecule has 0 unspecified atom stereocenters. The van der Waals surface area contributed by atoms with Crippen LogP contribution in [0.2, 0.25) is 0 Å². The van der Waals surface area contributed by atoms with Crippen LogP contribution in [0.5, 0.6) is 0 Å². The van der Waals surface area contributed by atoms with Gasteiger partial charge in [0.25, 0.3) is 0 Å². The zero-order valence-electron chi connectivity index (χ0n) is 12.9. The minimum atomic E-state index is 0.767. The van der Waals surface area contributed by atoms with E-state index in [1.54, 1.807) is 0 Å². The molecule has 1 aliphatic rings. The van der Waals surface area contributed by atoms with Crippen molar-refractivity contribution in [3.05, 3.63) is 52.0 Å². The zero-order chi connectivity index (χ0) is 15.7. The molecule has 0 bridgehead atoms. The molecule has 2 heterocycles. The molecule has 1 aromatic carbocycles. The average Bonchev–Trinajstić information content (AvgIpc) is 3.03. The van der Waals surface area contributed by atoms with Gasteiger partial charge in [0, 0.05) is 16.6 Å². The molecule has 1 N–H and O–H groups in total. The second-order valence-electron chi connectivity index (χ2n) is 5.15. The third kappa shape index (κ3) is 2.74. The van der Waals surface area contributed by atoms with Gasteiger partial charge in [-0.05, 0) is 50.6 Å². The lowest BCUT2D eigenvalue weighted by molar-refractivity contribution is 0.427. The average molecular weight is 360 g/mol. The fraction of sp³-hybridized carbons (Fsp3) is 0.235. The van der Waals surface area contributed by atoms with E-state index in [0.717, 1.165) is 33.8 Å². The van der Waals surface area contributed by atoms with E-state index in [0.29, 0.717) is 0 Å². The van der Waals surface area contributed by atoms with Crippen LogP contribution in [0.3, 0.4) is 0 Å². The van der Waals surface area contributed by atoms with Crippen molar-refractivity contribution >= 4 is 27.4 Å². The number of hydrogen-bond donors (Lipinski definition) is 1. The molecular weight excluding hydrogens is 342 g/mol. The van der Waals surface area contributed by atoms with Gasteiger partial charge in [0.1, 0.15) is 0 Å². The topological polar surface area (TPSA) is 41.1 Å². The maximum Gasteiger partial charge on any atom is 0.217 e. The van der Waals surface area contributed by atoms with Gasteiger partial charge in [-0.3, -0.25) is 0 Å². The van der Waals surface area contributed by atoms with Crippen molar-refractivity contribution in [2.75, 3.05) is 11.6 Å². The summed E-state index contributed by atoms with van der Waals surface area (Å²) in [7, 11) is 0. The third-order valence-corrected chi connectivity index (χ3v) is 4.39. The van der Waals surface area contributed by atoms with Crippen molar-refractivity contribution < 1.29 is 4.52 Å². The molecule has 0 fully saturated rings. The highest BCUT2D eigenvalue weighted by Gasteiger charge is 2.40. The van der Waals surface area contributed by atoms with Crippen LogP contribution in [0.25, 0.3) is 11.3 Å². The first kappa shape index (κ1) is 15.1. The number of rotatable bonds is 5. The Labute approximate surface area is 138 Å². The number of aromatic nitrogens is 1. The van der Waals surface area contributed by atoms with Gasteiger partial charge in [-0.2, -0.15) is 0 Å². The van der Waals surface area contributed by atoms with E-state index in [4.69, 9.17) is 4.52 Å². The second-order valence-corrected chi connectivity index (χ2v) is 6.06. The zero-order valence-corrected chi connectivity index (χ0v) is 14.4. The van der Waals surface area contributed by atoms with Crippen LogP contribution in [0.4, 0.5) is 11.5 Å². The van der Waals surface area contributed by atoms with E-state index in [-0.39, 0.29) is 0 Å². The number of hydrogen-bond acceptors (Lipinski definition) is 4. The van der Waals surface area contributed by atoms with Gasteiger partial charge in [0.2, 0.25) is 5.82 Å². The molecule has 0 radical (unpaired) electrons. The van der Waals surface area contributed by atoms with Crippen LogP contribution in [0.1, 0.15) is 20.8 Å². The number of anilines is 2. The standard InChI is InChI=1S/C17H18BrN3O/c1-4-11(3)12(5-2)10-19-21-15-16(22-20-17(15)21)13-6-8-14(18)9-7-13/h4-9,19H,10H2,1-3H3/b11-4-,12-5-. The Hall–Kier alpha value is -1.85. The van der Waals surface area contributed by atoms with Crippen LogP contribution in [-0.4, -0.2) is 11.7 Å². The van der Waals surface area contributed by atoms with Crippen molar-refractivity contribution in [2.24, 2.45) is 0 Å². The van der Waals surface area contributed by atoms with Crippen LogP contribution >= 0.6 is 15.9 Å². The predicted octanol–water partition coefficient (Wildman–Crippen LogP) is 4.97. The molecule has 22 heavy (non-hydrogen) atoms. The highest BCUT2D eigenvalue weighted by molar-refractivity contribution is 9.10. The van der Waals surface area contributed by atoms with Gasteiger partial charge in [0.15, 0.2) is 11.4 Å². The normalized spacial score (nSPS) is 14.3. The summed E-state index contributed by atoms with van der Waals surface area (Å²) in [4.78, 5) is 0. The molecule has 1 aromatic heterocycles. The first-order valence-corrected chi connectivity index (χ1v) is 8.02. The summed E-state index contributed by atoms with van der Waals surface area (Å²) in [6.45, 7) is 6.99. The molecule has 2 aromatic rings. The lowest BCUT2D eigenvalue weighted by Crippen LogP contribution is -2.26. The monoisotopic (exact) mass is 359 g/mol. The van der Waals surface area contributed by atoms with Gasteiger partial charge < -0.3 is 4.52 Å². The van der Waals surface area contributed by atoms with Crippen molar-refractivity contribution in [2.45, 2.75) is 20.8 Å². The van der Waals surface area contributed by atoms with Crippen molar-refractivity contribution in [1.29, 1.82) is 0 Å². The molecule has 0 atom stereocenters. The Kier molecular flexibility index (Phi) is 4.18. The van der Waals surface area contributed by atoms with Gasteiger partial charge in [0.05, 0.1) is 0 Å². The number of nitrogens with one attached hydrogen (secondary N) is 1. The smallest absolute Gasteiger partial charge is 0.217 e. The van der Waals surface area contributed by atoms with Gasteiger partial charge in [-0.25, -0.2) is 10.4 Å². The largest absolute Gasteiger partial charge is 0.352 e. The molecule has 0 saturated heterocycles. The maximum absolute atomic E-state index is 5.42. The molecular formula is C17H18BrN3O. The SMILES string of the molecule is C/C=C(C)\C(=C/C)CNN1c2noc(-c3ccc(Br)cc3)c21. The number of nitrogens with zero attached hydrogens (tertiary/aromatic N) is 2. The Balaban J connectivity index is 1.70. The predicted molar refractivity (Wildman–Crippen MR) is 93.0 cm³/mol. The number of allylic oxidation sites excluding steroid dienone is 2. The Morgan fingerprint density at radius 1 is 1.27 bits per heavy atom. The molecule has 0 aliphatic carbocycles. The molecule has 1 aliphatic heterocycles. The second kappa shape index (κ2) is 6.10. The van der Waals surface area contributed by atoms with Crippen molar-refractivity contribution in [3.63, 3.8) is 0 Å². The van der Waals surface area contributed by atoms with Crippen molar-refractivity contribution in [1.82, 2.24) is 10.6 Å². The van der Waals surface area contributed by atoms with Gasteiger partial charge >= 0.3 is 0 Å². The minimum Gasteiger partial charge on any atom is -0.352 e. The van der Waals surface area contributed by atoms with E-state index in [9.17, 15) is 0 Å². The van der Waals surface area contributed by atoms with Crippen LogP contribution < -0.4 is 10.4 Å². The summed E-state index contributed by atoms with van der Waals surface area (Å²) < 4.78 is 6.47. The summed E-state index contributed by atoms with van der Waals surface area (Å²) in [6, 6.07) is 8.03. The number of benzene rings is 1. The quantitative estimate of drug-likeness (QED) is 0.604. The van der Waals surface area contributed by atoms with E-state index in [1.165, 1.54) is 11.1 Å². The van der Waals surface area contributed by atoms with E-state index < -0.39 is 0 Å². The summed E-state index contributed by atoms with van der Waals surface area (Å²) in [5.41, 5.74) is 7.99. The summed E-state index contributed by atoms with van der Waals surface area (Å²) >= 11 is 3.44. The Bertz CT molecular complexity index is 744. The van der Waals surface area contributed by atoms with E-state index in [1.807, 2.05) is 29.3 Å². The van der Waals surface area contributed by atoms with E-state index in [2.05, 4.69) is 59.4 Å². The molecule has 3 rings (SSSR count). The molecule has 0 saturated carbocycles. The van der Waals surface area contributed by atoms with E-state index >= 15 is 0 Å². The van der Waals surface area contributed by atoms with Crippen LogP contribution in [0, 0.1) is 0 Å². The summed E-state index contributed by atoms with van der Waals surface area (Å²) in [6.07, 6.45) is 4.25. The molecule has 0 spiro atoms. The summed E-state index contributed by atoms with van der Waals surface area (Å²) in [5.74, 6) is 1.67. The first-order chi connectivity index (χ1) is 10.7. The number of hydrazine groups is 1. The minimum absolute atomic E-state index is 0.767. The lowest BCUT2D eigenvalue weighted by atomic mass is 10.1. The Morgan fingerprint density at radius 3 is 2.64 bits per heavy atom. The highest BCUT2D eigenvalue weighted by atomic mass is 79.9. The molecule has 114 valence electrons. The third-order valence-electron chi connectivity index (χ3n) is 3.86. The fourth-order valence-electron chi connectivity index (χ4n) is 2.34. The maximum atomic E-state index is 5.42. The Morgan fingerprint density at radius 2 is 2.00 bits per heavy atom. The van der Waals surface area contributed by atoms with Gasteiger partial charge in [-0.15, -0.1) is 0 Å². The fourth-order valence-corrected chi connectivity index (χ4v) is 2.60. The van der Waals surface area contributed by atoms with Crippen LogP contribution in [-0.2, 0) is 0 Å². The number of fused-ring (bicyclic) bond motifs is 1. The molecule has 0 amide bonds. The number of halogens is 1. The van der Waals surface area contributed by atoms with Gasteiger partial charge in [-0.1, -0.05) is 38.8 Å².